The van der Waals surface area contributed by atoms with E-state index in [1.807, 2.05) is 18.3 Å². The molecule has 4 nitrogen and oxygen atoms in total. The predicted molar refractivity (Wildman–Crippen MR) is 77.4 cm³/mol. The molecule has 2 heterocycles. The second-order valence-electron chi connectivity index (χ2n) is 5.30. The number of hydrogen-bond acceptors (Lipinski definition) is 4. The Morgan fingerprint density at radius 2 is 2.26 bits per heavy atom. The van der Waals surface area contributed by atoms with Crippen LogP contribution in [0.1, 0.15) is 13.3 Å². The van der Waals surface area contributed by atoms with Gasteiger partial charge in [-0.3, -0.25) is 0 Å². The molecule has 19 heavy (non-hydrogen) atoms. The van der Waals surface area contributed by atoms with Gasteiger partial charge in [-0.05, 0) is 35.9 Å². The number of rotatable bonds is 2. The van der Waals surface area contributed by atoms with Gasteiger partial charge in [-0.25, -0.2) is 4.98 Å². The Morgan fingerprint density at radius 1 is 1.42 bits per heavy atom. The third kappa shape index (κ3) is 2.02. The number of aromatic hydroxyl groups is 1. The second kappa shape index (κ2) is 4.70. The van der Waals surface area contributed by atoms with Crippen LogP contribution in [0.2, 0.25) is 0 Å². The van der Waals surface area contributed by atoms with Crippen LogP contribution in [0.4, 0.5) is 5.82 Å². The van der Waals surface area contributed by atoms with Crippen molar-refractivity contribution in [3.63, 3.8) is 0 Å². The minimum atomic E-state index is 0.276. The Hall–Kier alpha value is -1.81. The van der Waals surface area contributed by atoms with Gasteiger partial charge >= 0.3 is 0 Å². The van der Waals surface area contributed by atoms with Crippen LogP contribution < -0.4 is 10.6 Å². The number of benzene rings is 1. The summed E-state index contributed by atoms with van der Waals surface area (Å²) in [6.45, 7) is 3.85. The first-order valence-corrected chi connectivity index (χ1v) is 6.75. The zero-order valence-electron chi connectivity index (χ0n) is 11.1. The van der Waals surface area contributed by atoms with Crippen molar-refractivity contribution in [1.29, 1.82) is 0 Å². The number of fused-ring (bicyclic) bond motifs is 1. The third-order valence-corrected chi connectivity index (χ3v) is 4.12. The average molecular weight is 257 g/mol. The molecule has 1 saturated heterocycles. The molecule has 100 valence electrons. The number of phenolic OH excluding ortho intramolecular Hbond substituents is 1. The first kappa shape index (κ1) is 12.2. The van der Waals surface area contributed by atoms with Crippen LogP contribution in [0.5, 0.6) is 5.75 Å². The summed E-state index contributed by atoms with van der Waals surface area (Å²) in [6, 6.07) is 7.72. The maximum absolute atomic E-state index is 9.70. The van der Waals surface area contributed by atoms with E-state index in [1.165, 1.54) is 0 Å². The maximum Gasteiger partial charge on any atom is 0.136 e. The molecule has 4 heteroatoms. The van der Waals surface area contributed by atoms with Gasteiger partial charge in [-0.1, -0.05) is 13.0 Å². The monoisotopic (exact) mass is 257 g/mol. The van der Waals surface area contributed by atoms with Crippen molar-refractivity contribution in [2.24, 2.45) is 11.7 Å². The molecule has 2 atom stereocenters. The molecule has 0 radical (unpaired) electrons. The molecule has 1 fully saturated rings. The summed E-state index contributed by atoms with van der Waals surface area (Å²) in [5.74, 6) is 1.80. The molecular formula is C15H19N3O. The van der Waals surface area contributed by atoms with Crippen LogP contribution in [-0.2, 0) is 0 Å². The zero-order valence-corrected chi connectivity index (χ0v) is 11.1. The Labute approximate surface area is 112 Å². The molecule has 0 aliphatic carbocycles. The van der Waals surface area contributed by atoms with E-state index in [4.69, 9.17) is 5.73 Å². The second-order valence-corrected chi connectivity index (χ2v) is 5.30. The number of nitrogens with zero attached hydrogens (tertiary/aromatic N) is 2. The van der Waals surface area contributed by atoms with Gasteiger partial charge in [0.15, 0.2) is 0 Å². The summed E-state index contributed by atoms with van der Waals surface area (Å²) in [5.41, 5.74) is 5.91. The number of aromatic nitrogens is 1. The van der Waals surface area contributed by atoms with Gasteiger partial charge in [-0.2, -0.15) is 0 Å². The lowest BCUT2D eigenvalue weighted by Gasteiger charge is -2.27. The van der Waals surface area contributed by atoms with E-state index in [2.05, 4.69) is 16.8 Å². The lowest BCUT2D eigenvalue weighted by Crippen LogP contribution is -2.38. The quantitative estimate of drug-likeness (QED) is 0.865. The Morgan fingerprint density at radius 3 is 3.05 bits per heavy atom. The van der Waals surface area contributed by atoms with Gasteiger partial charge in [0.25, 0.3) is 0 Å². The van der Waals surface area contributed by atoms with Crippen molar-refractivity contribution in [2.45, 2.75) is 19.4 Å². The molecule has 1 aliphatic heterocycles. The highest BCUT2D eigenvalue weighted by Crippen LogP contribution is 2.33. The number of anilines is 1. The summed E-state index contributed by atoms with van der Waals surface area (Å²) < 4.78 is 0. The van der Waals surface area contributed by atoms with E-state index in [1.54, 1.807) is 12.1 Å². The summed E-state index contributed by atoms with van der Waals surface area (Å²) in [6.07, 6.45) is 2.96. The fourth-order valence-corrected chi connectivity index (χ4v) is 3.00. The van der Waals surface area contributed by atoms with Crippen LogP contribution >= 0.6 is 0 Å². The molecule has 1 aromatic heterocycles. The normalized spacial score (nSPS) is 23.2. The van der Waals surface area contributed by atoms with Gasteiger partial charge in [0.2, 0.25) is 0 Å². The van der Waals surface area contributed by atoms with E-state index < -0.39 is 0 Å². The highest BCUT2D eigenvalue weighted by atomic mass is 16.3. The topological polar surface area (TPSA) is 62.4 Å². The Bertz CT molecular complexity index is 599. The molecule has 3 rings (SSSR count). The summed E-state index contributed by atoms with van der Waals surface area (Å²) >= 11 is 0. The lowest BCUT2D eigenvalue weighted by atomic mass is 10.0. The average Bonchev–Trinajstić information content (AvgIpc) is 2.79. The molecule has 0 amide bonds. The Balaban J connectivity index is 2.12. The maximum atomic E-state index is 9.70. The summed E-state index contributed by atoms with van der Waals surface area (Å²) in [4.78, 5) is 6.81. The SMILES string of the molecule is CC1CCN(c2nccc3ccc(O)cc23)C1CN. The lowest BCUT2D eigenvalue weighted by molar-refractivity contribution is 0.476. The van der Waals surface area contributed by atoms with Gasteiger partial charge in [0, 0.05) is 30.7 Å². The molecule has 2 unspecified atom stereocenters. The molecule has 0 bridgehead atoms. The molecule has 1 aliphatic rings. The number of phenols is 1. The van der Waals surface area contributed by atoms with Gasteiger partial charge in [0.1, 0.15) is 11.6 Å². The predicted octanol–water partition coefficient (Wildman–Crippen LogP) is 2.11. The zero-order chi connectivity index (χ0) is 13.4. The molecular weight excluding hydrogens is 238 g/mol. The molecule has 3 N–H and O–H groups in total. The van der Waals surface area contributed by atoms with E-state index in [0.29, 0.717) is 18.5 Å². The largest absolute Gasteiger partial charge is 0.508 e. The standard InChI is InChI=1S/C15H19N3O/c1-10-5-7-18(14(10)9-16)15-13-8-12(19)3-2-11(13)4-6-17-15/h2-4,6,8,10,14,19H,5,7,9,16H2,1H3. The van der Waals surface area contributed by atoms with Crippen molar-refractivity contribution < 1.29 is 5.11 Å². The van der Waals surface area contributed by atoms with Crippen LogP contribution in [-0.4, -0.2) is 29.2 Å². The summed E-state index contributed by atoms with van der Waals surface area (Å²) in [7, 11) is 0. The minimum Gasteiger partial charge on any atom is -0.508 e. The van der Waals surface area contributed by atoms with Crippen molar-refractivity contribution in [3.8, 4) is 5.75 Å². The number of nitrogens with two attached hydrogens (primary N) is 1. The molecule has 0 spiro atoms. The Kier molecular flexibility index (Phi) is 3.03. The molecule has 0 saturated carbocycles. The minimum absolute atomic E-state index is 0.276. The van der Waals surface area contributed by atoms with E-state index in [0.717, 1.165) is 29.6 Å². The van der Waals surface area contributed by atoms with E-state index >= 15 is 0 Å². The van der Waals surface area contributed by atoms with Gasteiger partial charge in [0.05, 0.1) is 0 Å². The number of hydrogen-bond donors (Lipinski definition) is 2. The van der Waals surface area contributed by atoms with Crippen LogP contribution in [0.25, 0.3) is 10.8 Å². The van der Waals surface area contributed by atoms with Gasteiger partial charge < -0.3 is 15.7 Å². The first-order valence-electron chi connectivity index (χ1n) is 6.75. The molecule has 2 aromatic rings. The highest BCUT2D eigenvalue weighted by Gasteiger charge is 2.31. The van der Waals surface area contributed by atoms with Crippen molar-refractivity contribution in [3.05, 3.63) is 30.5 Å². The highest BCUT2D eigenvalue weighted by molar-refractivity contribution is 5.93. The van der Waals surface area contributed by atoms with E-state index in [-0.39, 0.29) is 5.75 Å². The van der Waals surface area contributed by atoms with Crippen molar-refractivity contribution >= 4 is 16.6 Å². The van der Waals surface area contributed by atoms with Crippen LogP contribution in [0.15, 0.2) is 30.5 Å². The third-order valence-electron chi connectivity index (χ3n) is 4.12. The van der Waals surface area contributed by atoms with E-state index in [9.17, 15) is 5.11 Å². The fourth-order valence-electron chi connectivity index (χ4n) is 3.00. The first-order chi connectivity index (χ1) is 9.20. The van der Waals surface area contributed by atoms with Crippen molar-refractivity contribution in [2.75, 3.05) is 18.0 Å². The fraction of sp³-hybridized carbons (Fsp3) is 0.400. The van der Waals surface area contributed by atoms with Crippen molar-refractivity contribution in [1.82, 2.24) is 4.98 Å². The molecule has 1 aromatic carbocycles. The van der Waals surface area contributed by atoms with Crippen LogP contribution in [0, 0.1) is 5.92 Å². The van der Waals surface area contributed by atoms with Crippen LogP contribution in [0.3, 0.4) is 0 Å². The van der Waals surface area contributed by atoms with Gasteiger partial charge in [-0.15, -0.1) is 0 Å². The summed E-state index contributed by atoms with van der Waals surface area (Å²) in [5, 5.41) is 11.8. The number of pyridine rings is 1. The smallest absolute Gasteiger partial charge is 0.136 e.